The molecule has 0 aliphatic carbocycles. The van der Waals surface area contributed by atoms with Crippen molar-refractivity contribution < 1.29 is 0 Å². The van der Waals surface area contributed by atoms with Gasteiger partial charge in [-0.15, -0.1) is 16.4 Å². The molecular formula is C9H13N5S. The summed E-state index contributed by atoms with van der Waals surface area (Å²) in [6.07, 6.45) is 2.55. The Morgan fingerprint density at radius 2 is 2.40 bits per heavy atom. The first-order chi connectivity index (χ1) is 7.15. The highest BCUT2D eigenvalue weighted by Crippen LogP contribution is 2.17. The highest BCUT2D eigenvalue weighted by molar-refractivity contribution is 7.09. The topological polar surface area (TPSA) is 69.6 Å². The Hall–Kier alpha value is -1.27. The molecule has 2 rings (SSSR count). The van der Waals surface area contributed by atoms with Crippen LogP contribution in [0.2, 0.25) is 0 Å². The third kappa shape index (κ3) is 2.40. The van der Waals surface area contributed by atoms with Crippen molar-refractivity contribution in [2.24, 2.45) is 12.8 Å². The molecule has 2 aromatic rings. The summed E-state index contributed by atoms with van der Waals surface area (Å²) in [5, 5.41) is 10.9. The average molecular weight is 223 g/mol. The molecule has 5 nitrogen and oxygen atoms in total. The highest BCUT2D eigenvalue weighted by Gasteiger charge is 2.12. The van der Waals surface area contributed by atoms with Crippen molar-refractivity contribution in [3.05, 3.63) is 28.0 Å². The van der Waals surface area contributed by atoms with Crippen LogP contribution in [0.25, 0.3) is 0 Å². The minimum Gasteiger partial charge on any atom is -0.322 e. The van der Waals surface area contributed by atoms with Crippen LogP contribution in [-0.2, 0) is 13.5 Å². The average Bonchev–Trinajstić information content (AvgIpc) is 2.75. The molecule has 0 saturated heterocycles. The van der Waals surface area contributed by atoms with Gasteiger partial charge in [-0.3, -0.25) is 4.68 Å². The van der Waals surface area contributed by atoms with Crippen molar-refractivity contribution in [3.8, 4) is 0 Å². The molecular weight excluding hydrogens is 210 g/mol. The van der Waals surface area contributed by atoms with Gasteiger partial charge in [-0.1, -0.05) is 5.21 Å². The second-order valence-electron chi connectivity index (χ2n) is 3.49. The maximum atomic E-state index is 6.02. The molecule has 0 bridgehead atoms. The van der Waals surface area contributed by atoms with E-state index in [0.29, 0.717) is 6.42 Å². The monoisotopic (exact) mass is 223 g/mol. The van der Waals surface area contributed by atoms with Gasteiger partial charge in [-0.2, -0.15) is 0 Å². The van der Waals surface area contributed by atoms with Crippen LogP contribution in [0.1, 0.15) is 22.4 Å². The summed E-state index contributed by atoms with van der Waals surface area (Å²) in [5.74, 6) is 0. The fraction of sp³-hybridized carbons (Fsp3) is 0.444. The molecule has 2 heterocycles. The minimum absolute atomic E-state index is 0.0911. The molecule has 1 unspecified atom stereocenters. The zero-order chi connectivity index (χ0) is 10.8. The summed E-state index contributed by atoms with van der Waals surface area (Å²) in [6.45, 7) is 1.98. The van der Waals surface area contributed by atoms with Crippen LogP contribution in [0.3, 0.4) is 0 Å². The molecule has 1 atom stereocenters. The zero-order valence-corrected chi connectivity index (χ0v) is 9.53. The van der Waals surface area contributed by atoms with Gasteiger partial charge in [0.25, 0.3) is 0 Å². The quantitative estimate of drug-likeness (QED) is 0.836. The van der Waals surface area contributed by atoms with Gasteiger partial charge in [-0.25, -0.2) is 4.98 Å². The lowest BCUT2D eigenvalue weighted by Crippen LogP contribution is -2.14. The Bertz CT molecular complexity index is 447. The predicted octanol–water partition coefficient (Wildman–Crippen LogP) is 0.823. The minimum atomic E-state index is -0.0911. The summed E-state index contributed by atoms with van der Waals surface area (Å²) in [6, 6.07) is -0.0911. The van der Waals surface area contributed by atoms with Gasteiger partial charge in [0.15, 0.2) is 0 Å². The van der Waals surface area contributed by atoms with Gasteiger partial charge in [0.2, 0.25) is 0 Å². The van der Waals surface area contributed by atoms with E-state index in [9.17, 15) is 0 Å². The number of nitrogens with zero attached hydrogens (tertiary/aromatic N) is 4. The normalized spacial score (nSPS) is 13.0. The van der Waals surface area contributed by atoms with E-state index < -0.39 is 0 Å². The molecule has 2 aromatic heterocycles. The first kappa shape index (κ1) is 10.3. The molecule has 0 radical (unpaired) electrons. The smallest absolute Gasteiger partial charge is 0.0898 e. The van der Waals surface area contributed by atoms with E-state index >= 15 is 0 Å². The largest absolute Gasteiger partial charge is 0.322 e. The van der Waals surface area contributed by atoms with Gasteiger partial charge in [0.1, 0.15) is 0 Å². The molecule has 0 fully saturated rings. The molecule has 0 spiro atoms. The van der Waals surface area contributed by atoms with E-state index in [4.69, 9.17) is 5.73 Å². The first-order valence-corrected chi connectivity index (χ1v) is 5.56. The van der Waals surface area contributed by atoms with Gasteiger partial charge in [0, 0.05) is 25.0 Å². The zero-order valence-electron chi connectivity index (χ0n) is 8.71. The molecule has 2 N–H and O–H groups in total. The SMILES string of the molecule is Cc1nc(C(N)Cc2cn(C)nn2)cs1. The highest BCUT2D eigenvalue weighted by atomic mass is 32.1. The Morgan fingerprint density at radius 3 is 2.93 bits per heavy atom. The summed E-state index contributed by atoms with van der Waals surface area (Å²) in [4.78, 5) is 4.35. The summed E-state index contributed by atoms with van der Waals surface area (Å²) in [7, 11) is 1.84. The third-order valence-corrected chi connectivity index (χ3v) is 2.89. The van der Waals surface area contributed by atoms with Crippen molar-refractivity contribution in [3.63, 3.8) is 0 Å². The van der Waals surface area contributed by atoms with Crippen LogP contribution in [0.5, 0.6) is 0 Å². The summed E-state index contributed by atoms with van der Waals surface area (Å²) < 4.78 is 1.67. The molecule has 15 heavy (non-hydrogen) atoms. The second-order valence-corrected chi connectivity index (χ2v) is 4.55. The Balaban J connectivity index is 2.06. The predicted molar refractivity (Wildman–Crippen MR) is 58.5 cm³/mol. The molecule has 80 valence electrons. The van der Waals surface area contributed by atoms with E-state index in [1.165, 1.54) is 0 Å². The van der Waals surface area contributed by atoms with Gasteiger partial charge >= 0.3 is 0 Å². The number of nitrogens with two attached hydrogens (primary N) is 1. The number of hydrogen-bond donors (Lipinski definition) is 1. The van der Waals surface area contributed by atoms with Crippen molar-refractivity contribution in [1.82, 2.24) is 20.0 Å². The summed E-state index contributed by atoms with van der Waals surface area (Å²) in [5.41, 5.74) is 7.85. The molecule has 6 heteroatoms. The lowest BCUT2D eigenvalue weighted by molar-refractivity contribution is 0.680. The fourth-order valence-electron chi connectivity index (χ4n) is 1.37. The van der Waals surface area contributed by atoms with Crippen LogP contribution < -0.4 is 5.73 Å². The molecule has 0 saturated carbocycles. The number of aryl methyl sites for hydroxylation is 2. The van der Waals surface area contributed by atoms with E-state index in [-0.39, 0.29) is 6.04 Å². The van der Waals surface area contributed by atoms with E-state index in [2.05, 4.69) is 15.3 Å². The van der Waals surface area contributed by atoms with E-state index in [0.717, 1.165) is 16.4 Å². The maximum Gasteiger partial charge on any atom is 0.0898 e. The van der Waals surface area contributed by atoms with Crippen molar-refractivity contribution in [2.45, 2.75) is 19.4 Å². The molecule has 0 aliphatic rings. The molecule has 0 amide bonds. The molecule has 0 aliphatic heterocycles. The van der Waals surface area contributed by atoms with Crippen LogP contribution in [0.15, 0.2) is 11.6 Å². The van der Waals surface area contributed by atoms with Gasteiger partial charge in [-0.05, 0) is 6.92 Å². The van der Waals surface area contributed by atoms with Crippen LogP contribution >= 0.6 is 11.3 Å². The van der Waals surface area contributed by atoms with Crippen LogP contribution in [0.4, 0.5) is 0 Å². The van der Waals surface area contributed by atoms with Crippen LogP contribution in [-0.4, -0.2) is 20.0 Å². The Labute approximate surface area is 91.9 Å². The Kier molecular flexibility index (Phi) is 2.79. The summed E-state index contributed by atoms with van der Waals surface area (Å²) >= 11 is 1.62. The third-order valence-electron chi connectivity index (χ3n) is 2.10. The van der Waals surface area contributed by atoms with Crippen LogP contribution in [0, 0.1) is 6.92 Å². The standard InChI is InChI=1S/C9H13N5S/c1-6-11-9(5-15-6)8(10)3-7-4-14(2)13-12-7/h4-5,8H,3,10H2,1-2H3. The van der Waals surface area contributed by atoms with Crippen molar-refractivity contribution in [2.75, 3.05) is 0 Å². The first-order valence-electron chi connectivity index (χ1n) is 4.68. The molecule has 0 aromatic carbocycles. The number of thiazole rings is 1. The number of rotatable bonds is 3. The van der Waals surface area contributed by atoms with E-state index in [1.54, 1.807) is 16.0 Å². The van der Waals surface area contributed by atoms with Gasteiger partial charge < -0.3 is 5.73 Å². The Morgan fingerprint density at radius 1 is 1.60 bits per heavy atom. The van der Waals surface area contributed by atoms with Gasteiger partial charge in [0.05, 0.1) is 22.4 Å². The lowest BCUT2D eigenvalue weighted by atomic mass is 10.1. The van der Waals surface area contributed by atoms with E-state index in [1.807, 2.05) is 25.5 Å². The number of hydrogen-bond acceptors (Lipinski definition) is 5. The fourth-order valence-corrected chi connectivity index (χ4v) is 2.05. The van der Waals surface area contributed by atoms with Crippen molar-refractivity contribution in [1.29, 1.82) is 0 Å². The van der Waals surface area contributed by atoms with Crippen molar-refractivity contribution >= 4 is 11.3 Å². The maximum absolute atomic E-state index is 6.02. The number of aromatic nitrogens is 4. The lowest BCUT2D eigenvalue weighted by Gasteiger charge is -2.05. The second kappa shape index (κ2) is 4.08.